The van der Waals surface area contributed by atoms with E-state index in [4.69, 9.17) is 4.74 Å². The third-order valence-corrected chi connectivity index (χ3v) is 3.97. The summed E-state index contributed by atoms with van der Waals surface area (Å²) >= 11 is 0. The van der Waals surface area contributed by atoms with Gasteiger partial charge in [0.2, 0.25) is 10.0 Å². The number of likely N-dealkylation sites (N-methyl/N-ethyl adjacent to an activating group) is 1. The lowest BCUT2D eigenvalue weighted by atomic mass is 10.1. The predicted octanol–water partition coefficient (Wildman–Crippen LogP) is 0.373. The maximum Gasteiger partial charge on any atom is 0.240 e. The number of hydrogen-bond donors (Lipinski definition) is 2. The number of ether oxygens (including phenoxy) is 1. The van der Waals surface area contributed by atoms with Gasteiger partial charge in [-0.15, -0.1) is 0 Å². The summed E-state index contributed by atoms with van der Waals surface area (Å²) in [5, 5.41) is 3.05. The molecule has 0 fully saturated rings. The standard InChI is InChI=1S/C12H20N2O3S/c1-13-8-7-11-3-5-12(6-4-11)18(15,16)14-9-10-17-2/h3-6,13-14H,7-10H2,1-2H3. The van der Waals surface area contributed by atoms with E-state index in [0.717, 1.165) is 18.5 Å². The van der Waals surface area contributed by atoms with Gasteiger partial charge < -0.3 is 10.1 Å². The number of sulfonamides is 1. The third-order valence-electron chi connectivity index (χ3n) is 2.50. The van der Waals surface area contributed by atoms with Crippen LogP contribution in [0.3, 0.4) is 0 Å². The summed E-state index contributed by atoms with van der Waals surface area (Å²) in [5.41, 5.74) is 1.11. The Bertz CT molecular complexity index is 443. The molecule has 0 spiro atoms. The highest BCUT2D eigenvalue weighted by Gasteiger charge is 2.12. The smallest absolute Gasteiger partial charge is 0.240 e. The van der Waals surface area contributed by atoms with Crippen molar-refractivity contribution in [3.05, 3.63) is 29.8 Å². The van der Waals surface area contributed by atoms with E-state index in [2.05, 4.69) is 10.0 Å². The Labute approximate surface area is 109 Å². The summed E-state index contributed by atoms with van der Waals surface area (Å²) in [4.78, 5) is 0.284. The molecule has 1 rings (SSSR count). The van der Waals surface area contributed by atoms with E-state index in [1.165, 1.54) is 7.11 Å². The van der Waals surface area contributed by atoms with Gasteiger partial charge >= 0.3 is 0 Å². The molecule has 102 valence electrons. The number of nitrogens with one attached hydrogen (secondary N) is 2. The van der Waals surface area contributed by atoms with Crippen molar-refractivity contribution in [3.8, 4) is 0 Å². The van der Waals surface area contributed by atoms with Crippen LogP contribution in [0.25, 0.3) is 0 Å². The van der Waals surface area contributed by atoms with Crippen molar-refractivity contribution >= 4 is 10.0 Å². The molecule has 0 bridgehead atoms. The molecule has 0 aliphatic carbocycles. The third kappa shape index (κ3) is 4.73. The first-order valence-electron chi connectivity index (χ1n) is 5.82. The van der Waals surface area contributed by atoms with E-state index < -0.39 is 10.0 Å². The lowest BCUT2D eigenvalue weighted by Gasteiger charge is -2.07. The van der Waals surface area contributed by atoms with E-state index in [1.807, 2.05) is 19.2 Å². The molecule has 0 saturated carbocycles. The molecule has 0 radical (unpaired) electrons. The topological polar surface area (TPSA) is 67.4 Å². The van der Waals surface area contributed by atoms with Crippen LogP contribution >= 0.6 is 0 Å². The maximum absolute atomic E-state index is 11.9. The fourth-order valence-corrected chi connectivity index (χ4v) is 2.48. The number of methoxy groups -OCH3 is 1. The average molecular weight is 272 g/mol. The van der Waals surface area contributed by atoms with E-state index in [1.54, 1.807) is 12.1 Å². The molecule has 0 unspecified atom stereocenters. The summed E-state index contributed by atoms with van der Waals surface area (Å²) in [6.45, 7) is 1.51. The summed E-state index contributed by atoms with van der Waals surface area (Å²) in [6, 6.07) is 6.92. The van der Waals surface area contributed by atoms with E-state index in [9.17, 15) is 8.42 Å². The molecular formula is C12H20N2O3S. The van der Waals surface area contributed by atoms with Crippen molar-refractivity contribution < 1.29 is 13.2 Å². The first-order valence-corrected chi connectivity index (χ1v) is 7.30. The highest BCUT2D eigenvalue weighted by molar-refractivity contribution is 7.89. The van der Waals surface area contributed by atoms with Gasteiger partial charge in [0.25, 0.3) is 0 Å². The van der Waals surface area contributed by atoms with Crippen LogP contribution in [0.4, 0.5) is 0 Å². The molecule has 5 nitrogen and oxygen atoms in total. The molecule has 0 amide bonds. The second kappa shape index (κ2) is 7.48. The number of benzene rings is 1. The molecule has 0 aromatic heterocycles. The molecule has 1 aromatic carbocycles. The lowest BCUT2D eigenvalue weighted by Crippen LogP contribution is -2.27. The first-order chi connectivity index (χ1) is 8.60. The Morgan fingerprint density at radius 1 is 1.17 bits per heavy atom. The molecule has 0 aliphatic heterocycles. The Morgan fingerprint density at radius 2 is 1.83 bits per heavy atom. The number of hydrogen-bond acceptors (Lipinski definition) is 4. The Kier molecular flexibility index (Phi) is 6.28. The minimum absolute atomic E-state index is 0.278. The monoisotopic (exact) mass is 272 g/mol. The van der Waals surface area contributed by atoms with Gasteiger partial charge in [-0.25, -0.2) is 13.1 Å². The first kappa shape index (κ1) is 15.1. The fourth-order valence-electron chi connectivity index (χ4n) is 1.47. The highest BCUT2D eigenvalue weighted by Crippen LogP contribution is 2.10. The second-order valence-corrected chi connectivity index (χ2v) is 5.66. The average Bonchev–Trinajstić information content (AvgIpc) is 2.37. The van der Waals surface area contributed by atoms with Crippen molar-refractivity contribution in [1.29, 1.82) is 0 Å². The van der Waals surface area contributed by atoms with Crippen LogP contribution in [0.2, 0.25) is 0 Å². The SMILES string of the molecule is CNCCc1ccc(S(=O)(=O)NCCOC)cc1. The molecular weight excluding hydrogens is 252 g/mol. The van der Waals surface area contributed by atoms with Gasteiger partial charge in [-0.2, -0.15) is 0 Å². The van der Waals surface area contributed by atoms with Crippen LogP contribution in [-0.4, -0.2) is 42.3 Å². The Balaban J connectivity index is 2.65. The van der Waals surface area contributed by atoms with Gasteiger partial charge in [0, 0.05) is 13.7 Å². The van der Waals surface area contributed by atoms with Crippen LogP contribution in [0, 0.1) is 0 Å². The molecule has 0 atom stereocenters. The Hall–Kier alpha value is -0.950. The normalized spacial score (nSPS) is 11.7. The van der Waals surface area contributed by atoms with Crippen LogP contribution < -0.4 is 10.0 Å². The molecule has 2 N–H and O–H groups in total. The minimum Gasteiger partial charge on any atom is -0.383 e. The van der Waals surface area contributed by atoms with E-state index in [-0.39, 0.29) is 11.4 Å². The quantitative estimate of drug-likeness (QED) is 0.671. The highest BCUT2D eigenvalue weighted by atomic mass is 32.2. The van der Waals surface area contributed by atoms with E-state index in [0.29, 0.717) is 6.61 Å². The van der Waals surface area contributed by atoms with Crippen LogP contribution in [-0.2, 0) is 21.2 Å². The second-order valence-electron chi connectivity index (χ2n) is 3.89. The van der Waals surface area contributed by atoms with Crippen LogP contribution in [0.1, 0.15) is 5.56 Å². The van der Waals surface area contributed by atoms with Gasteiger partial charge in [0.15, 0.2) is 0 Å². The van der Waals surface area contributed by atoms with Gasteiger partial charge in [0.1, 0.15) is 0 Å². The van der Waals surface area contributed by atoms with Crippen molar-refractivity contribution in [2.75, 3.05) is 33.9 Å². The Morgan fingerprint density at radius 3 is 2.39 bits per heavy atom. The van der Waals surface area contributed by atoms with E-state index >= 15 is 0 Å². The van der Waals surface area contributed by atoms with Gasteiger partial charge in [-0.05, 0) is 37.7 Å². The van der Waals surface area contributed by atoms with Crippen molar-refractivity contribution in [3.63, 3.8) is 0 Å². The molecule has 0 saturated heterocycles. The minimum atomic E-state index is -3.42. The van der Waals surface area contributed by atoms with Crippen LogP contribution in [0.5, 0.6) is 0 Å². The summed E-state index contributed by atoms with van der Waals surface area (Å²) in [7, 11) is 0.00464. The largest absolute Gasteiger partial charge is 0.383 e. The zero-order valence-corrected chi connectivity index (χ0v) is 11.6. The van der Waals surface area contributed by atoms with Crippen molar-refractivity contribution in [2.24, 2.45) is 0 Å². The summed E-state index contributed by atoms with van der Waals surface area (Å²) in [5.74, 6) is 0. The fraction of sp³-hybridized carbons (Fsp3) is 0.500. The van der Waals surface area contributed by atoms with Gasteiger partial charge in [0.05, 0.1) is 11.5 Å². The lowest BCUT2D eigenvalue weighted by molar-refractivity contribution is 0.204. The molecule has 0 aliphatic rings. The van der Waals surface area contributed by atoms with Gasteiger partial charge in [-0.3, -0.25) is 0 Å². The number of rotatable bonds is 8. The summed E-state index contributed by atoms with van der Waals surface area (Å²) in [6.07, 6.45) is 0.883. The summed E-state index contributed by atoms with van der Waals surface area (Å²) < 4.78 is 31.0. The zero-order valence-electron chi connectivity index (χ0n) is 10.8. The van der Waals surface area contributed by atoms with Crippen molar-refractivity contribution in [2.45, 2.75) is 11.3 Å². The van der Waals surface area contributed by atoms with Gasteiger partial charge in [-0.1, -0.05) is 12.1 Å². The predicted molar refractivity (Wildman–Crippen MR) is 71.1 cm³/mol. The molecule has 0 heterocycles. The molecule has 1 aromatic rings. The molecule has 18 heavy (non-hydrogen) atoms. The zero-order chi connectivity index (χ0) is 13.4. The van der Waals surface area contributed by atoms with Crippen molar-refractivity contribution in [1.82, 2.24) is 10.0 Å². The maximum atomic E-state index is 11.9. The van der Waals surface area contributed by atoms with Crippen LogP contribution in [0.15, 0.2) is 29.2 Å². The molecule has 6 heteroatoms.